The summed E-state index contributed by atoms with van der Waals surface area (Å²) in [6.07, 6.45) is 5.16. The molecule has 0 bridgehead atoms. The van der Waals surface area contributed by atoms with Gasteiger partial charge in [-0.2, -0.15) is 0 Å². The molecule has 1 aliphatic heterocycles. The summed E-state index contributed by atoms with van der Waals surface area (Å²) < 4.78 is 57.6. The molecule has 1 fully saturated rings. The molecule has 3 rings (SSSR count). The molecule has 0 radical (unpaired) electrons. The van der Waals surface area contributed by atoms with Crippen molar-refractivity contribution in [1.29, 1.82) is 0 Å². The fraction of sp³-hybridized carbons (Fsp3) is 0.462. The van der Waals surface area contributed by atoms with Gasteiger partial charge in [-0.3, -0.25) is 18.3 Å². The number of nitrogens with zero attached hydrogens (tertiary/aromatic N) is 4. The molecule has 33 heavy (non-hydrogen) atoms. The van der Waals surface area contributed by atoms with Crippen LogP contribution >= 0.6 is 23.5 Å². The summed E-state index contributed by atoms with van der Waals surface area (Å²) in [7, 11) is -17.6. The summed E-state index contributed by atoms with van der Waals surface area (Å²) in [5, 5.41) is 0. The Hall–Kier alpha value is -1.76. The molecular formula is C13H15N5O12P3-3. The molecule has 1 saturated heterocycles. The Bertz CT molecular complexity index is 1190. The van der Waals surface area contributed by atoms with Crippen molar-refractivity contribution < 1.29 is 55.9 Å². The number of anilines is 1. The SMILES string of the molecule is C#CCOC1C[C@H](n2cnc3c(N)ncnc32)O[C@@H]1COP(=O)([O-])OP(=O)([O-])OP(=O)([O-])O. The van der Waals surface area contributed by atoms with E-state index in [-0.39, 0.29) is 18.8 Å². The van der Waals surface area contributed by atoms with Crippen molar-refractivity contribution in [2.75, 3.05) is 18.9 Å². The zero-order valence-electron chi connectivity index (χ0n) is 16.2. The van der Waals surface area contributed by atoms with Gasteiger partial charge in [0, 0.05) is 6.42 Å². The van der Waals surface area contributed by atoms with Gasteiger partial charge >= 0.3 is 0 Å². The van der Waals surface area contributed by atoms with Crippen molar-refractivity contribution in [3.05, 3.63) is 12.7 Å². The summed E-state index contributed by atoms with van der Waals surface area (Å²) in [5.74, 6) is 2.36. The van der Waals surface area contributed by atoms with Crippen LogP contribution in [0.4, 0.5) is 5.82 Å². The molecule has 17 nitrogen and oxygen atoms in total. The number of ether oxygens (including phenoxy) is 2. The highest BCUT2D eigenvalue weighted by Crippen LogP contribution is 2.61. The Morgan fingerprint density at radius 2 is 1.97 bits per heavy atom. The lowest BCUT2D eigenvalue weighted by atomic mass is 10.2. The van der Waals surface area contributed by atoms with E-state index in [9.17, 15) is 28.4 Å². The third-order valence-corrected chi connectivity index (χ3v) is 7.75. The fourth-order valence-corrected chi connectivity index (χ4v) is 5.78. The molecule has 6 atom stereocenters. The first-order valence-corrected chi connectivity index (χ1v) is 13.1. The molecule has 3 heterocycles. The second-order valence-corrected chi connectivity index (χ2v) is 10.6. The maximum absolute atomic E-state index is 11.8. The fourth-order valence-electron chi connectivity index (χ4n) is 2.88. The van der Waals surface area contributed by atoms with E-state index in [0.717, 1.165) is 0 Å². The van der Waals surface area contributed by atoms with Crippen LogP contribution in [0.2, 0.25) is 0 Å². The van der Waals surface area contributed by atoms with Crippen LogP contribution in [-0.4, -0.2) is 49.8 Å². The molecule has 2 aromatic rings. The molecule has 20 heteroatoms. The number of phosphoric ester groups is 1. The summed E-state index contributed by atoms with van der Waals surface area (Å²) in [6.45, 7) is -0.980. The summed E-state index contributed by atoms with van der Waals surface area (Å²) in [4.78, 5) is 54.0. The van der Waals surface area contributed by atoms with Gasteiger partial charge in [-0.1, -0.05) is 5.92 Å². The van der Waals surface area contributed by atoms with Crippen molar-refractivity contribution >= 4 is 40.4 Å². The highest BCUT2D eigenvalue weighted by molar-refractivity contribution is 7.65. The van der Waals surface area contributed by atoms with Crippen LogP contribution in [0.5, 0.6) is 0 Å². The minimum absolute atomic E-state index is 0.121. The largest absolute Gasteiger partial charge is 0.756 e. The molecular weight excluding hydrogens is 511 g/mol. The number of aromatic nitrogens is 4. The average molecular weight is 526 g/mol. The Kier molecular flexibility index (Phi) is 7.72. The van der Waals surface area contributed by atoms with Crippen LogP contribution in [-0.2, 0) is 36.3 Å². The van der Waals surface area contributed by atoms with E-state index in [1.807, 2.05) is 0 Å². The van der Waals surface area contributed by atoms with E-state index < -0.39 is 48.5 Å². The molecule has 1 aliphatic rings. The minimum Gasteiger partial charge on any atom is -0.756 e. The third kappa shape index (κ3) is 6.87. The van der Waals surface area contributed by atoms with Gasteiger partial charge in [0.2, 0.25) is 0 Å². The average Bonchev–Trinajstić information content (AvgIpc) is 3.26. The lowest BCUT2D eigenvalue weighted by Gasteiger charge is -2.33. The number of rotatable bonds is 10. The second-order valence-electron chi connectivity index (χ2n) is 6.32. The number of hydrogen-bond acceptors (Lipinski definition) is 15. The van der Waals surface area contributed by atoms with Gasteiger partial charge in [-0.15, -0.1) is 6.42 Å². The Morgan fingerprint density at radius 1 is 1.24 bits per heavy atom. The standard InChI is InChI=1S/C13H18N5O12P3/c1-2-3-26-8-4-10(18-7-17-11-12(14)15-6-16-13(11)18)28-9(8)5-27-32(22,23)30-33(24,25)29-31(19,20)21/h1,6-10H,3-5H2,(H,22,23)(H,24,25)(H2,14,15,16)(H2,19,20,21)/p-3/t8?,9-,10-/m1/s1. The smallest absolute Gasteiger partial charge is 0.280 e. The summed E-state index contributed by atoms with van der Waals surface area (Å²) in [5.41, 5.74) is 6.36. The van der Waals surface area contributed by atoms with Gasteiger partial charge < -0.3 is 39.3 Å². The maximum Gasteiger partial charge on any atom is 0.280 e. The van der Waals surface area contributed by atoms with Crippen molar-refractivity contribution in [2.24, 2.45) is 0 Å². The number of nitrogens with two attached hydrogens (primary N) is 1. The Balaban J connectivity index is 1.72. The van der Waals surface area contributed by atoms with E-state index in [0.29, 0.717) is 11.2 Å². The third-order valence-electron chi connectivity index (χ3n) is 4.06. The molecule has 0 aliphatic carbocycles. The Morgan fingerprint density at radius 3 is 2.64 bits per heavy atom. The molecule has 182 valence electrons. The normalized spacial score (nSPS) is 26.3. The molecule has 0 saturated carbocycles. The van der Waals surface area contributed by atoms with Gasteiger partial charge in [0.15, 0.2) is 11.5 Å². The summed E-state index contributed by atoms with van der Waals surface area (Å²) >= 11 is 0. The van der Waals surface area contributed by atoms with Crippen molar-refractivity contribution in [3.8, 4) is 12.3 Å². The van der Waals surface area contributed by atoms with E-state index in [4.69, 9.17) is 26.5 Å². The molecule has 3 N–H and O–H groups in total. The van der Waals surface area contributed by atoms with Crippen molar-refractivity contribution in [3.63, 3.8) is 0 Å². The number of hydrogen-bond donors (Lipinski definition) is 2. The minimum atomic E-state index is -6.03. The number of phosphoric acid groups is 3. The Labute approximate surface area is 185 Å². The van der Waals surface area contributed by atoms with Gasteiger partial charge in [0.05, 0.1) is 19.0 Å². The second kappa shape index (κ2) is 9.85. The highest BCUT2D eigenvalue weighted by atomic mass is 31.3. The number of imidazole rings is 1. The first kappa shape index (κ1) is 25.9. The first-order valence-electron chi connectivity index (χ1n) is 8.67. The maximum atomic E-state index is 11.8. The van der Waals surface area contributed by atoms with Gasteiger partial charge in [-0.25, -0.2) is 23.6 Å². The molecule has 2 aromatic heterocycles. The van der Waals surface area contributed by atoms with E-state index in [2.05, 4.69) is 34.0 Å². The number of nitrogen functional groups attached to an aromatic ring is 1. The van der Waals surface area contributed by atoms with Crippen LogP contribution in [0.15, 0.2) is 12.7 Å². The van der Waals surface area contributed by atoms with Crippen molar-refractivity contribution in [1.82, 2.24) is 19.5 Å². The molecule has 0 spiro atoms. The summed E-state index contributed by atoms with van der Waals surface area (Å²) in [6, 6.07) is 0. The van der Waals surface area contributed by atoms with E-state index in [1.54, 1.807) is 0 Å². The first-order chi connectivity index (χ1) is 15.3. The van der Waals surface area contributed by atoms with Gasteiger partial charge in [0.25, 0.3) is 23.5 Å². The quantitative estimate of drug-likeness (QED) is 0.255. The molecule has 0 aromatic carbocycles. The van der Waals surface area contributed by atoms with Gasteiger partial charge in [-0.05, 0) is 0 Å². The molecule has 0 amide bonds. The number of fused-ring (bicyclic) bond motifs is 1. The van der Waals surface area contributed by atoms with Crippen LogP contribution in [0.3, 0.4) is 0 Å². The zero-order chi connectivity index (χ0) is 24.4. The lowest BCUT2D eigenvalue weighted by Crippen LogP contribution is -2.30. The van der Waals surface area contributed by atoms with Crippen LogP contribution in [0, 0.1) is 12.3 Å². The highest BCUT2D eigenvalue weighted by Gasteiger charge is 2.39. The zero-order valence-corrected chi connectivity index (χ0v) is 18.9. The predicted octanol–water partition coefficient (Wildman–Crippen LogP) is -1.84. The van der Waals surface area contributed by atoms with Gasteiger partial charge in [0.1, 0.15) is 30.8 Å². The van der Waals surface area contributed by atoms with Crippen LogP contribution < -0.4 is 20.4 Å². The monoisotopic (exact) mass is 526 g/mol. The van der Waals surface area contributed by atoms with E-state index >= 15 is 0 Å². The topological polar surface area (TPSA) is 256 Å². The van der Waals surface area contributed by atoms with Crippen molar-refractivity contribution in [2.45, 2.75) is 24.9 Å². The number of terminal acetylenes is 1. The lowest BCUT2D eigenvalue weighted by molar-refractivity contribution is -0.250. The van der Waals surface area contributed by atoms with Crippen LogP contribution in [0.1, 0.15) is 12.6 Å². The molecule has 4 unspecified atom stereocenters. The predicted molar refractivity (Wildman–Crippen MR) is 100.0 cm³/mol. The van der Waals surface area contributed by atoms with E-state index in [1.165, 1.54) is 17.2 Å². The van der Waals surface area contributed by atoms with Crippen LogP contribution in [0.25, 0.3) is 11.2 Å².